The first-order chi connectivity index (χ1) is 10.7. The Balaban J connectivity index is 1.49. The molecule has 1 aromatic carbocycles. The van der Waals surface area contributed by atoms with Gasteiger partial charge in [-0.1, -0.05) is 31.2 Å². The van der Waals surface area contributed by atoms with Crippen LogP contribution in [0.25, 0.3) is 0 Å². The van der Waals surface area contributed by atoms with E-state index in [4.69, 9.17) is 0 Å². The number of carbonyl (C=O) groups excluding carboxylic acids is 1. The third kappa shape index (κ3) is 2.26. The predicted molar refractivity (Wildman–Crippen MR) is 87.7 cm³/mol. The molecule has 1 saturated heterocycles. The first-order valence-corrected chi connectivity index (χ1v) is 8.80. The molecule has 4 rings (SSSR count). The van der Waals surface area contributed by atoms with Gasteiger partial charge in [-0.15, -0.1) is 0 Å². The number of piperidine rings is 1. The Morgan fingerprint density at radius 2 is 2.23 bits per heavy atom. The highest BCUT2D eigenvalue weighted by molar-refractivity contribution is 5.85. The molecule has 3 nitrogen and oxygen atoms in total. The summed E-state index contributed by atoms with van der Waals surface area (Å²) < 4.78 is 0. The first-order valence-electron chi connectivity index (χ1n) is 8.80. The minimum Gasteiger partial charge on any atom is -0.352 e. The normalized spacial score (nSPS) is 36.7. The number of fused-ring (bicyclic) bond motifs is 2. The fourth-order valence-corrected chi connectivity index (χ4v) is 4.64. The van der Waals surface area contributed by atoms with Gasteiger partial charge in [0.15, 0.2) is 0 Å². The Morgan fingerprint density at radius 1 is 1.36 bits per heavy atom. The largest absolute Gasteiger partial charge is 0.352 e. The Morgan fingerprint density at radius 3 is 3.09 bits per heavy atom. The molecule has 4 unspecified atom stereocenters. The quantitative estimate of drug-likeness (QED) is 0.880. The van der Waals surface area contributed by atoms with Gasteiger partial charge in [-0.05, 0) is 55.7 Å². The fraction of sp³-hybridized carbons (Fsp3) is 0.632. The van der Waals surface area contributed by atoms with E-state index in [1.54, 1.807) is 0 Å². The van der Waals surface area contributed by atoms with E-state index < -0.39 is 0 Å². The number of carbonyl (C=O) groups is 1. The second kappa shape index (κ2) is 5.38. The highest BCUT2D eigenvalue weighted by Gasteiger charge is 2.60. The van der Waals surface area contributed by atoms with Crippen LogP contribution in [-0.4, -0.2) is 25.0 Å². The molecule has 2 fully saturated rings. The molecule has 1 spiro atoms. The van der Waals surface area contributed by atoms with Crippen molar-refractivity contribution in [2.24, 2.45) is 11.8 Å². The molecule has 22 heavy (non-hydrogen) atoms. The second-order valence-corrected chi connectivity index (χ2v) is 7.51. The number of amides is 1. The van der Waals surface area contributed by atoms with Gasteiger partial charge < -0.3 is 10.6 Å². The lowest BCUT2D eigenvalue weighted by atomic mass is 9.78. The van der Waals surface area contributed by atoms with Gasteiger partial charge >= 0.3 is 0 Å². The summed E-state index contributed by atoms with van der Waals surface area (Å²) in [6, 6.07) is 9.07. The minimum atomic E-state index is 0.157. The van der Waals surface area contributed by atoms with Gasteiger partial charge in [0.25, 0.3) is 0 Å². The average Bonchev–Trinajstić information content (AvgIpc) is 3.25. The maximum absolute atomic E-state index is 12.8. The lowest BCUT2D eigenvalue weighted by molar-refractivity contribution is -0.124. The third-order valence-electron chi connectivity index (χ3n) is 6.17. The van der Waals surface area contributed by atoms with Gasteiger partial charge in [-0.3, -0.25) is 4.79 Å². The van der Waals surface area contributed by atoms with E-state index in [2.05, 4.69) is 41.8 Å². The Kier molecular flexibility index (Phi) is 3.48. The predicted octanol–water partition coefficient (Wildman–Crippen LogP) is 2.39. The molecule has 118 valence electrons. The molecule has 0 radical (unpaired) electrons. The molecule has 1 saturated carbocycles. The van der Waals surface area contributed by atoms with Crippen molar-refractivity contribution < 1.29 is 4.79 Å². The van der Waals surface area contributed by atoms with E-state index in [1.165, 1.54) is 30.4 Å². The number of hydrogen-bond acceptors (Lipinski definition) is 2. The minimum absolute atomic E-state index is 0.157. The highest BCUT2D eigenvalue weighted by atomic mass is 16.2. The van der Waals surface area contributed by atoms with Gasteiger partial charge in [0, 0.05) is 23.9 Å². The number of nitrogens with one attached hydrogen (secondary N) is 2. The van der Waals surface area contributed by atoms with Crippen molar-refractivity contribution in [3.05, 3.63) is 35.4 Å². The number of aryl methyl sites for hydroxylation is 1. The van der Waals surface area contributed by atoms with Crippen LogP contribution in [0, 0.1) is 11.8 Å². The summed E-state index contributed by atoms with van der Waals surface area (Å²) >= 11 is 0. The maximum Gasteiger partial charge on any atom is 0.224 e. The molecule has 1 aromatic rings. The van der Waals surface area contributed by atoms with Crippen molar-refractivity contribution in [3.8, 4) is 0 Å². The van der Waals surface area contributed by atoms with Crippen molar-refractivity contribution in [2.75, 3.05) is 13.1 Å². The van der Waals surface area contributed by atoms with Crippen molar-refractivity contribution in [2.45, 2.75) is 50.5 Å². The molecule has 1 heterocycles. The molecular weight excluding hydrogens is 272 g/mol. The van der Waals surface area contributed by atoms with E-state index in [9.17, 15) is 4.79 Å². The molecule has 0 bridgehead atoms. The summed E-state index contributed by atoms with van der Waals surface area (Å²) in [6.45, 7) is 4.25. The number of rotatable bonds is 2. The van der Waals surface area contributed by atoms with Crippen LogP contribution in [0.5, 0.6) is 0 Å². The Hall–Kier alpha value is -1.35. The van der Waals surface area contributed by atoms with Crippen molar-refractivity contribution in [1.82, 2.24) is 10.6 Å². The Labute approximate surface area is 132 Å². The molecule has 2 aliphatic carbocycles. The van der Waals surface area contributed by atoms with E-state index in [-0.39, 0.29) is 17.2 Å². The lowest BCUT2D eigenvalue weighted by Gasteiger charge is -2.31. The molecule has 3 aliphatic rings. The van der Waals surface area contributed by atoms with Crippen LogP contribution < -0.4 is 10.6 Å². The zero-order valence-corrected chi connectivity index (χ0v) is 13.4. The SMILES string of the molecule is CC1CCNCC1NC(=O)C1CC12CCCc1ccccc12. The van der Waals surface area contributed by atoms with E-state index in [0.717, 1.165) is 25.9 Å². The molecule has 4 atom stereocenters. The van der Waals surface area contributed by atoms with Crippen LogP contribution in [0.4, 0.5) is 0 Å². The molecule has 0 aromatic heterocycles. The summed E-state index contributed by atoms with van der Waals surface area (Å²) in [5, 5.41) is 6.73. The van der Waals surface area contributed by atoms with Crippen molar-refractivity contribution >= 4 is 5.91 Å². The van der Waals surface area contributed by atoms with Gasteiger partial charge in [-0.25, -0.2) is 0 Å². The van der Waals surface area contributed by atoms with Crippen molar-refractivity contribution in [1.29, 1.82) is 0 Å². The van der Waals surface area contributed by atoms with Crippen LogP contribution in [0.15, 0.2) is 24.3 Å². The number of benzene rings is 1. The average molecular weight is 298 g/mol. The summed E-state index contributed by atoms with van der Waals surface area (Å²) in [6.07, 6.45) is 5.78. The summed E-state index contributed by atoms with van der Waals surface area (Å²) in [5.74, 6) is 1.07. The fourth-order valence-electron chi connectivity index (χ4n) is 4.64. The van der Waals surface area contributed by atoms with Crippen LogP contribution in [0.2, 0.25) is 0 Å². The van der Waals surface area contributed by atoms with Crippen LogP contribution in [-0.2, 0) is 16.6 Å². The second-order valence-electron chi connectivity index (χ2n) is 7.51. The molecule has 1 aliphatic heterocycles. The van der Waals surface area contributed by atoms with Crippen LogP contribution in [0.1, 0.15) is 43.7 Å². The topological polar surface area (TPSA) is 41.1 Å². The first kappa shape index (κ1) is 14.3. The van der Waals surface area contributed by atoms with E-state index in [0.29, 0.717) is 12.0 Å². The van der Waals surface area contributed by atoms with Crippen LogP contribution >= 0.6 is 0 Å². The zero-order chi connectivity index (χ0) is 15.2. The van der Waals surface area contributed by atoms with Gasteiger partial charge in [0.05, 0.1) is 0 Å². The maximum atomic E-state index is 12.8. The summed E-state index contributed by atoms with van der Waals surface area (Å²) in [4.78, 5) is 12.8. The summed E-state index contributed by atoms with van der Waals surface area (Å²) in [7, 11) is 0. The van der Waals surface area contributed by atoms with Gasteiger partial charge in [0.2, 0.25) is 5.91 Å². The number of hydrogen-bond donors (Lipinski definition) is 2. The zero-order valence-electron chi connectivity index (χ0n) is 13.4. The molecule has 3 heteroatoms. The van der Waals surface area contributed by atoms with Gasteiger partial charge in [0.1, 0.15) is 0 Å². The molecule has 1 amide bonds. The standard InChI is InChI=1S/C19H26N2O/c1-13-8-10-20-12-17(13)21-18(22)16-11-19(16)9-4-6-14-5-2-3-7-15(14)19/h2-3,5,7,13,16-17,20H,4,6,8-12H2,1H3,(H,21,22). The summed E-state index contributed by atoms with van der Waals surface area (Å²) in [5.41, 5.74) is 3.08. The van der Waals surface area contributed by atoms with E-state index in [1.807, 2.05) is 0 Å². The van der Waals surface area contributed by atoms with Gasteiger partial charge in [-0.2, -0.15) is 0 Å². The monoisotopic (exact) mass is 298 g/mol. The molecular formula is C19H26N2O. The highest BCUT2D eigenvalue weighted by Crippen LogP contribution is 2.60. The Bertz CT molecular complexity index is 585. The smallest absolute Gasteiger partial charge is 0.224 e. The van der Waals surface area contributed by atoms with Crippen molar-refractivity contribution in [3.63, 3.8) is 0 Å². The van der Waals surface area contributed by atoms with E-state index >= 15 is 0 Å². The lowest BCUT2D eigenvalue weighted by Crippen LogP contribution is -2.51. The third-order valence-corrected chi connectivity index (χ3v) is 6.17. The van der Waals surface area contributed by atoms with Crippen LogP contribution in [0.3, 0.4) is 0 Å². The molecule has 2 N–H and O–H groups in total.